The topological polar surface area (TPSA) is 0 Å². The molecule has 0 amide bonds. The van der Waals surface area contributed by atoms with E-state index in [1.54, 1.807) is 5.57 Å². The molecule has 2 aliphatic rings. The Labute approximate surface area is 80.9 Å². The van der Waals surface area contributed by atoms with Crippen LogP contribution in [0.5, 0.6) is 0 Å². The molecule has 0 N–H and O–H groups in total. The van der Waals surface area contributed by atoms with Gasteiger partial charge in [-0.1, -0.05) is 19.3 Å². The zero-order valence-corrected chi connectivity index (χ0v) is 7.38. The Morgan fingerprint density at radius 1 is 1.55 bits per heavy atom. The maximum atomic E-state index is 2.41. The van der Waals surface area contributed by atoms with Crippen LogP contribution >= 0.6 is 0 Å². The summed E-state index contributed by atoms with van der Waals surface area (Å²) in [6, 6.07) is 0. The molecule has 2 rings (SSSR count). The SMILES string of the molecule is CC1[CH-]C2=CC=CCC2C1.[Li+]. The first-order valence-corrected chi connectivity index (χ1v) is 4.08. The summed E-state index contributed by atoms with van der Waals surface area (Å²) < 4.78 is 0. The van der Waals surface area contributed by atoms with E-state index in [4.69, 9.17) is 0 Å². The van der Waals surface area contributed by atoms with Gasteiger partial charge in [-0.2, -0.15) is 0 Å². The first kappa shape index (κ1) is 9.04. The number of fused-ring (bicyclic) bond motifs is 1. The van der Waals surface area contributed by atoms with Crippen molar-refractivity contribution in [3.8, 4) is 0 Å². The van der Waals surface area contributed by atoms with Crippen LogP contribution in [0, 0.1) is 18.3 Å². The van der Waals surface area contributed by atoms with E-state index in [-0.39, 0.29) is 18.9 Å². The van der Waals surface area contributed by atoms with Crippen molar-refractivity contribution in [3.63, 3.8) is 0 Å². The summed E-state index contributed by atoms with van der Waals surface area (Å²) in [7, 11) is 0. The van der Waals surface area contributed by atoms with Gasteiger partial charge in [-0.15, -0.1) is 12.2 Å². The number of rotatable bonds is 0. The minimum Gasteiger partial charge on any atom is -0.224 e. The van der Waals surface area contributed by atoms with Crippen LogP contribution in [0.1, 0.15) is 19.8 Å². The van der Waals surface area contributed by atoms with Gasteiger partial charge in [0.25, 0.3) is 0 Å². The van der Waals surface area contributed by atoms with E-state index in [1.807, 2.05) is 0 Å². The van der Waals surface area contributed by atoms with Gasteiger partial charge in [-0.05, 0) is 12.3 Å². The fraction of sp³-hybridized carbons (Fsp3) is 0.500. The second-order valence-electron chi connectivity index (χ2n) is 3.41. The molecule has 0 nitrogen and oxygen atoms in total. The summed E-state index contributed by atoms with van der Waals surface area (Å²) >= 11 is 0. The molecule has 2 aliphatic carbocycles. The molecule has 0 aromatic carbocycles. The molecule has 0 heterocycles. The molecule has 11 heavy (non-hydrogen) atoms. The Morgan fingerprint density at radius 2 is 2.36 bits per heavy atom. The Hall–Kier alpha value is -0.0526. The van der Waals surface area contributed by atoms with Crippen molar-refractivity contribution >= 4 is 0 Å². The second-order valence-corrected chi connectivity index (χ2v) is 3.41. The molecule has 0 aromatic rings. The minimum absolute atomic E-state index is 0. The second kappa shape index (κ2) is 3.56. The van der Waals surface area contributed by atoms with E-state index < -0.39 is 0 Å². The van der Waals surface area contributed by atoms with Gasteiger partial charge in [-0.25, -0.2) is 18.1 Å². The normalized spacial score (nSPS) is 33.4. The molecule has 0 spiro atoms. The Bertz CT molecular complexity index is 191. The molecule has 1 saturated carbocycles. The maximum Gasteiger partial charge on any atom is 1.00 e. The van der Waals surface area contributed by atoms with Crippen LogP contribution in [-0.2, 0) is 0 Å². The van der Waals surface area contributed by atoms with Crippen LogP contribution in [0.4, 0.5) is 0 Å². The fourth-order valence-corrected chi connectivity index (χ4v) is 1.96. The third-order valence-corrected chi connectivity index (χ3v) is 2.45. The van der Waals surface area contributed by atoms with Gasteiger partial charge in [0.2, 0.25) is 0 Å². The molecule has 1 heteroatoms. The number of hydrogen-bond donors (Lipinski definition) is 0. The summed E-state index contributed by atoms with van der Waals surface area (Å²) in [4.78, 5) is 0. The summed E-state index contributed by atoms with van der Waals surface area (Å²) in [5.74, 6) is 1.68. The smallest absolute Gasteiger partial charge is 0.224 e. The molecule has 0 bridgehead atoms. The predicted octanol–water partition coefficient (Wildman–Crippen LogP) is -0.263. The summed E-state index contributed by atoms with van der Waals surface area (Å²) in [5, 5.41) is 0. The first-order chi connectivity index (χ1) is 4.86. The number of allylic oxidation sites excluding steroid dienone is 4. The summed E-state index contributed by atoms with van der Waals surface area (Å²) in [6.07, 6.45) is 11.8. The van der Waals surface area contributed by atoms with Crippen molar-refractivity contribution in [1.82, 2.24) is 0 Å². The molecule has 0 aliphatic heterocycles. The zero-order valence-electron chi connectivity index (χ0n) is 7.38. The fourth-order valence-electron chi connectivity index (χ4n) is 1.96. The monoisotopic (exact) mass is 140 g/mol. The van der Waals surface area contributed by atoms with E-state index in [9.17, 15) is 0 Å². The quantitative estimate of drug-likeness (QED) is 0.321. The van der Waals surface area contributed by atoms with Gasteiger partial charge in [0, 0.05) is 0 Å². The van der Waals surface area contributed by atoms with E-state index in [0.29, 0.717) is 0 Å². The molecule has 54 valence electrons. The third-order valence-electron chi connectivity index (χ3n) is 2.45. The van der Waals surface area contributed by atoms with Crippen LogP contribution in [0.25, 0.3) is 0 Å². The van der Waals surface area contributed by atoms with Crippen molar-refractivity contribution in [2.45, 2.75) is 19.8 Å². The first-order valence-electron chi connectivity index (χ1n) is 4.08. The van der Waals surface area contributed by atoms with Crippen molar-refractivity contribution in [3.05, 3.63) is 30.2 Å². The molecule has 2 atom stereocenters. The molecular formula is C10H13Li. The van der Waals surface area contributed by atoms with Crippen LogP contribution in [0.3, 0.4) is 0 Å². The largest absolute Gasteiger partial charge is 1.00 e. The van der Waals surface area contributed by atoms with Crippen LogP contribution < -0.4 is 18.9 Å². The van der Waals surface area contributed by atoms with Gasteiger partial charge < -0.3 is 0 Å². The predicted molar refractivity (Wildman–Crippen MR) is 43.4 cm³/mol. The Balaban J connectivity index is 0.000000605. The van der Waals surface area contributed by atoms with Crippen LogP contribution in [0.15, 0.2) is 23.8 Å². The number of hydrogen-bond acceptors (Lipinski definition) is 0. The molecule has 0 aromatic heterocycles. The standard InChI is InChI=1S/C10H13.Li/c1-8-6-9-4-2-3-5-10(9)7-8;/h2-4,6,8,10H,5,7H2,1H3;/q-1;+1. The van der Waals surface area contributed by atoms with Gasteiger partial charge in [-0.3, -0.25) is 0 Å². The van der Waals surface area contributed by atoms with Gasteiger partial charge in [0.1, 0.15) is 0 Å². The summed E-state index contributed by atoms with van der Waals surface area (Å²) in [6.45, 7) is 2.30. The molecule has 1 fully saturated rings. The average Bonchev–Trinajstić information content (AvgIpc) is 2.27. The van der Waals surface area contributed by atoms with E-state index in [0.717, 1.165) is 11.8 Å². The van der Waals surface area contributed by atoms with Crippen molar-refractivity contribution < 1.29 is 18.9 Å². The minimum atomic E-state index is 0. The van der Waals surface area contributed by atoms with E-state index in [2.05, 4.69) is 31.6 Å². The van der Waals surface area contributed by atoms with Gasteiger partial charge in [0.05, 0.1) is 0 Å². The Kier molecular flexibility index (Phi) is 2.93. The van der Waals surface area contributed by atoms with Crippen LogP contribution in [0.2, 0.25) is 0 Å². The molecule has 0 radical (unpaired) electrons. The van der Waals surface area contributed by atoms with E-state index in [1.165, 1.54) is 12.8 Å². The Morgan fingerprint density at radius 3 is 3.09 bits per heavy atom. The zero-order chi connectivity index (χ0) is 6.97. The summed E-state index contributed by atoms with van der Waals surface area (Å²) in [5.41, 5.74) is 1.58. The van der Waals surface area contributed by atoms with Gasteiger partial charge in [0.15, 0.2) is 0 Å². The van der Waals surface area contributed by atoms with Crippen molar-refractivity contribution in [1.29, 1.82) is 0 Å². The maximum absolute atomic E-state index is 2.41. The molecular weight excluding hydrogens is 127 g/mol. The van der Waals surface area contributed by atoms with Crippen LogP contribution in [-0.4, -0.2) is 0 Å². The van der Waals surface area contributed by atoms with Gasteiger partial charge >= 0.3 is 18.9 Å². The molecule has 0 saturated heterocycles. The van der Waals surface area contributed by atoms with Crippen molar-refractivity contribution in [2.75, 3.05) is 0 Å². The van der Waals surface area contributed by atoms with Crippen molar-refractivity contribution in [2.24, 2.45) is 11.8 Å². The van der Waals surface area contributed by atoms with E-state index >= 15 is 0 Å². The third kappa shape index (κ3) is 1.75. The molecule has 2 unspecified atom stereocenters. The average molecular weight is 140 g/mol.